The average Bonchev–Trinajstić information content (AvgIpc) is 3.51. The highest BCUT2D eigenvalue weighted by molar-refractivity contribution is 6.31. The van der Waals surface area contributed by atoms with Crippen molar-refractivity contribution in [2.75, 3.05) is 30.9 Å². The first-order valence-corrected chi connectivity index (χ1v) is 14.8. The van der Waals surface area contributed by atoms with Gasteiger partial charge in [0, 0.05) is 47.7 Å². The fourth-order valence-corrected chi connectivity index (χ4v) is 5.93. The number of aromatic nitrogens is 3. The van der Waals surface area contributed by atoms with Crippen molar-refractivity contribution in [1.82, 2.24) is 30.1 Å². The SMILES string of the molecule is CN(C)Cc1ccncc1CNC(=O)c1nc(NC(=O)N2CC(F)(F)c3cc(F)c(F)cc32)c2n1CC(=O)N[C@H]2c1cc(F)ccc1Cl. The summed E-state index contributed by atoms with van der Waals surface area (Å²) in [5.74, 6) is -9.47. The van der Waals surface area contributed by atoms with Gasteiger partial charge in [0.2, 0.25) is 11.7 Å². The molecule has 0 saturated heterocycles. The van der Waals surface area contributed by atoms with E-state index < -0.39 is 71.6 Å². The molecule has 250 valence electrons. The Morgan fingerprint density at radius 2 is 1.85 bits per heavy atom. The lowest BCUT2D eigenvalue weighted by molar-refractivity contribution is -0.123. The lowest BCUT2D eigenvalue weighted by atomic mass is 10.0. The summed E-state index contributed by atoms with van der Waals surface area (Å²) >= 11 is 6.38. The normalized spacial score (nSPS) is 16.4. The van der Waals surface area contributed by atoms with E-state index in [1.54, 1.807) is 18.5 Å². The summed E-state index contributed by atoms with van der Waals surface area (Å²) in [7, 11) is 3.75. The highest BCUT2D eigenvalue weighted by Gasteiger charge is 2.47. The Hall–Kier alpha value is -5.09. The topological polar surface area (TPSA) is 124 Å². The van der Waals surface area contributed by atoms with Gasteiger partial charge in [-0.1, -0.05) is 11.6 Å². The molecule has 0 fully saturated rings. The number of hydrogen-bond acceptors (Lipinski definition) is 6. The Balaban J connectivity index is 1.39. The zero-order chi connectivity index (χ0) is 34.5. The van der Waals surface area contributed by atoms with E-state index in [1.807, 2.05) is 19.0 Å². The zero-order valence-corrected chi connectivity index (χ0v) is 26.0. The van der Waals surface area contributed by atoms with Crippen molar-refractivity contribution in [3.05, 3.63) is 105 Å². The van der Waals surface area contributed by atoms with Gasteiger partial charge in [-0.2, -0.15) is 8.78 Å². The number of nitrogens with one attached hydrogen (secondary N) is 3. The highest BCUT2D eigenvalue weighted by Crippen LogP contribution is 2.44. The minimum Gasteiger partial charge on any atom is -0.345 e. The average molecular weight is 689 g/mol. The van der Waals surface area contributed by atoms with Crippen LogP contribution in [0.5, 0.6) is 0 Å². The molecule has 0 saturated carbocycles. The van der Waals surface area contributed by atoms with Crippen molar-refractivity contribution in [3.63, 3.8) is 0 Å². The van der Waals surface area contributed by atoms with E-state index in [0.29, 0.717) is 29.1 Å². The summed E-state index contributed by atoms with van der Waals surface area (Å²) < 4.78 is 73.2. The van der Waals surface area contributed by atoms with E-state index in [-0.39, 0.29) is 34.5 Å². The minimum absolute atomic E-state index is 0.00680. The van der Waals surface area contributed by atoms with E-state index in [2.05, 4.69) is 25.9 Å². The van der Waals surface area contributed by atoms with Crippen molar-refractivity contribution in [3.8, 4) is 0 Å². The molecule has 2 aliphatic heterocycles. The van der Waals surface area contributed by atoms with Crippen LogP contribution in [0.1, 0.15) is 44.6 Å². The third-order valence-electron chi connectivity index (χ3n) is 7.84. The fourth-order valence-electron chi connectivity index (χ4n) is 5.70. The molecular weight excluding hydrogens is 663 g/mol. The minimum atomic E-state index is -3.72. The second kappa shape index (κ2) is 12.5. The molecular formula is C31H26ClF5N8O3. The van der Waals surface area contributed by atoms with Gasteiger partial charge < -0.3 is 20.1 Å². The summed E-state index contributed by atoms with van der Waals surface area (Å²) in [6.07, 6.45) is 3.19. The molecule has 3 N–H and O–H groups in total. The van der Waals surface area contributed by atoms with E-state index in [0.717, 1.165) is 17.7 Å². The molecule has 48 heavy (non-hydrogen) atoms. The lowest BCUT2D eigenvalue weighted by Crippen LogP contribution is -2.41. The Morgan fingerprint density at radius 3 is 2.60 bits per heavy atom. The Bertz CT molecular complexity index is 1970. The Morgan fingerprint density at radius 1 is 1.10 bits per heavy atom. The van der Waals surface area contributed by atoms with Gasteiger partial charge in [-0.05, 0) is 55.6 Å². The molecule has 2 aliphatic rings. The fraction of sp³-hybridized carbons (Fsp3) is 0.258. The number of hydrogen-bond donors (Lipinski definition) is 3. The van der Waals surface area contributed by atoms with Crippen molar-refractivity contribution < 1.29 is 36.3 Å². The van der Waals surface area contributed by atoms with E-state index in [9.17, 15) is 36.3 Å². The molecule has 0 spiro atoms. The molecule has 4 amide bonds. The van der Waals surface area contributed by atoms with E-state index in [1.165, 1.54) is 10.6 Å². The predicted octanol–water partition coefficient (Wildman–Crippen LogP) is 4.70. The number of benzene rings is 2. The number of urea groups is 1. The number of carbonyl (C=O) groups excluding carboxylic acids is 3. The molecule has 0 unspecified atom stereocenters. The number of halogens is 6. The van der Waals surface area contributed by atoms with Crippen LogP contribution in [0.25, 0.3) is 0 Å². The molecule has 4 heterocycles. The summed E-state index contributed by atoms with van der Waals surface area (Å²) in [4.78, 5) is 50.9. The highest BCUT2D eigenvalue weighted by atomic mass is 35.5. The van der Waals surface area contributed by atoms with Gasteiger partial charge in [0.05, 0.1) is 24.0 Å². The number of pyridine rings is 1. The molecule has 4 aromatic rings. The maximum atomic E-state index is 14.8. The van der Waals surface area contributed by atoms with Crippen LogP contribution < -0.4 is 20.9 Å². The first kappa shape index (κ1) is 32.8. The maximum Gasteiger partial charge on any atom is 0.327 e. The van der Waals surface area contributed by atoms with Crippen molar-refractivity contribution in [2.45, 2.75) is 31.6 Å². The van der Waals surface area contributed by atoms with Crippen LogP contribution in [0.15, 0.2) is 48.8 Å². The number of nitrogens with zero attached hydrogens (tertiary/aromatic N) is 5. The molecule has 0 aliphatic carbocycles. The molecule has 6 rings (SSSR count). The largest absolute Gasteiger partial charge is 0.345 e. The van der Waals surface area contributed by atoms with Gasteiger partial charge >= 0.3 is 6.03 Å². The van der Waals surface area contributed by atoms with Crippen molar-refractivity contribution in [2.24, 2.45) is 0 Å². The first-order chi connectivity index (χ1) is 22.7. The van der Waals surface area contributed by atoms with Crippen LogP contribution in [-0.4, -0.2) is 57.9 Å². The maximum absolute atomic E-state index is 14.8. The van der Waals surface area contributed by atoms with Gasteiger partial charge in [0.15, 0.2) is 17.5 Å². The number of fused-ring (bicyclic) bond motifs is 2. The molecule has 1 atom stereocenters. The quantitative estimate of drug-likeness (QED) is 0.242. The van der Waals surface area contributed by atoms with Crippen LogP contribution in [0.3, 0.4) is 0 Å². The second-order valence-corrected chi connectivity index (χ2v) is 11.9. The van der Waals surface area contributed by atoms with Gasteiger partial charge in [-0.25, -0.2) is 22.9 Å². The number of alkyl halides is 2. The molecule has 0 radical (unpaired) electrons. The Labute approximate surface area is 274 Å². The molecule has 17 heteroatoms. The number of carbonyl (C=O) groups is 3. The summed E-state index contributed by atoms with van der Waals surface area (Å²) in [5.41, 5.74) is 0.125. The van der Waals surface area contributed by atoms with Gasteiger partial charge in [-0.15, -0.1) is 0 Å². The molecule has 11 nitrogen and oxygen atoms in total. The zero-order valence-electron chi connectivity index (χ0n) is 25.3. The smallest absolute Gasteiger partial charge is 0.327 e. The monoisotopic (exact) mass is 688 g/mol. The van der Waals surface area contributed by atoms with Crippen LogP contribution >= 0.6 is 11.6 Å². The molecule has 0 bridgehead atoms. The molecule has 2 aromatic heterocycles. The van der Waals surface area contributed by atoms with Crippen LogP contribution in [0, 0.1) is 17.5 Å². The van der Waals surface area contributed by atoms with Crippen molar-refractivity contribution >= 4 is 41.0 Å². The lowest BCUT2D eigenvalue weighted by Gasteiger charge is -2.28. The summed E-state index contributed by atoms with van der Waals surface area (Å²) in [6, 6.07) is 3.49. The predicted molar refractivity (Wildman–Crippen MR) is 163 cm³/mol. The summed E-state index contributed by atoms with van der Waals surface area (Å²) in [5, 5.41) is 7.77. The van der Waals surface area contributed by atoms with Gasteiger partial charge in [0.25, 0.3) is 11.8 Å². The van der Waals surface area contributed by atoms with E-state index in [4.69, 9.17) is 11.6 Å². The van der Waals surface area contributed by atoms with Crippen LogP contribution in [0.2, 0.25) is 5.02 Å². The summed E-state index contributed by atoms with van der Waals surface area (Å²) in [6.45, 7) is -1.16. The number of rotatable bonds is 7. The van der Waals surface area contributed by atoms with Gasteiger partial charge in [0.1, 0.15) is 12.4 Å². The third kappa shape index (κ3) is 6.15. The number of imidazole rings is 1. The van der Waals surface area contributed by atoms with Crippen molar-refractivity contribution in [1.29, 1.82) is 0 Å². The standard InChI is InChI=1S/C31H26ClF5N8O3/c1-43(2)12-15-5-6-38-10-16(15)11-39-29(47)28-41-27(26-25(40-24(46)13-44(26)28)18-7-17(33)3-4-20(18)32)42-30(48)45-14-31(36,37)19-8-21(34)22(35)9-23(19)45/h3-10,25H,11-14H2,1-2H3,(H,39,47)(H,40,46)(H,42,48)/t25-/m0/s1. The first-order valence-electron chi connectivity index (χ1n) is 14.4. The van der Waals surface area contributed by atoms with Crippen LogP contribution in [0.4, 0.5) is 38.3 Å². The Kier molecular flexibility index (Phi) is 8.55. The van der Waals surface area contributed by atoms with Gasteiger partial charge in [-0.3, -0.25) is 24.8 Å². The second-order valence-electron chi connectivity index (χ2n) is 11.5. The number of anilines is 2. The van der Waals surface area contributed by atoms with Crippen LogP contribution in [-0.2, 0) is 30.4 Å². The molecule has 2 aromatic carbocycles. The van der Waals surface area contributed by atoms with E-state index >= 15 is 0 Å². The third-order valence-corrected chi connectivity index (χ3v) is 8.18. The number of amides is 4.